The highest BCUT2D eigenvalue weighted by molar-refractivity contribution is 5.79. The topological polar surface area (TPSA) is 65.5 Å². The fourth-order valence-electron chi connectivity index (χ4n) is 5.20. The van der Waals surface area contributed by atoms with E-state index in [-0.39, 0.29) is 30.4 Å². The summed E-state index contributed by atoms with van der Waals surface area (Å²) in [4.78, 5) is 19.5. The molecule has 0 aromatic carbocycles. The molecule has 2 saturated carbocycles. The number of fused-ring (bicyclic) bond motifs is 2. The van der Waals surface area contributed by atoms with E-state index in [4.69, 9.17) is 0 Å². The van der Waals surface area contributed by atoms with Crippen molar-refractivity contribution in [3.05, 3.63) is 23.9 Å². The maximum atomic E-state index is 12.8. The molecular formula is C20H29N3O2. The first kappa shape index (κ1) is 16.8. The molecule has 136 valence electrons. The van der Waals surface area contributed by atoms with Gasteiger partial charge in [-0.2, -0.15) is 0 Å². The van der Waals surface area contributed by atoms with E-state index in [0.717, 1.165) is 31.7 Å². The molecule has 4 rings (SSSR count). The Hall–Kier alpha value is -1.62. The van der Waals surface area contributed by atoms with E-state index >= 15 is 0 Å². The monoisotopic (exact) mass is 343 g/mol. The van der Waals surface area contributed by atoms with Crippen LogP contribution in [0.5, 0.6) is 0 Å². The number of aliphatic hydroxyl groups excluding tert-OH is 1. The average Bonchev–Trinajstić information content (AvgIpc) is 3.24. The molecule has 3 aliphatic rings. The largest absolute Gasteiger partial charge is 0.396 e. The third-order valence-corrected chi connectivity index (χ3v) is 6.69. The van der Waals surface area contributed by atoms with Crippen LogP contribution in [0.15, 0.2) is 18.3 Å². The molecule has 1 amide bonds. The van der Waals surface area contributed by atoms with E-state index in [1.165, 1.54) is 24.8 Å². The van der Waals surface area contributed by atoms with Crippen LogP contribution < -0.4 is 10.2 Å². The zero-order valence-corrected chi connectivity index (χ0v) is 15.0. The summed E-state index contributed by atoms with van der Waals surface area (Å²) >= 11 is 0. The second-order valence-corrected chi connectivity index (χ2v) is 8.17. The summed E-state index contributed by atoms with van der Waals surface area (Å²) in [5.74, 6) is 2.79. The van der Waals surface area contributed by atoms with Crippen molar-refractivity contribution in [2.24, 2.45) is 23.7 Å². The van der Waals surface area contributed by atoms with Crippen LogP contribution in [0.4, 0.5) is 5.82 Å². The Labute approximate surface area is 149 Å². The molecule has 1 aliphatic heterocycles. The lowest BCUT2D eigenvalue weighted by molar-refractivity contribution is -0.127. The predicted molar refractivity (Wildman–Crippen MR) is 97.2 cm³/mol. The van der Waals surface area contributed by atoms with Crippen molar-refractivity contribution < 1.29 is 9.90 Å². The molecule has 0 radical (unpaired) electrons. The van der Waals surface area contributed by atoms with Crippen LogP contribution in [0.1, 0.15) is 37.7 Å². The molecule has 1 aromatic rings. The molecule has 0 spiro atoms. The lowest BCUT2D eigenvalue weighted by Gasteiger charge is -2.35. The van der Waals surface area contributed by atoms with E-state index < -0.39 is 0 Å². The predicted octanol–water partition coefficient (Wildman–Crippen LogP) is 2.13. The number of anilines is 1. The van der Waals surface area contributed by atoms with Crippen LogP contribution >= 0.6 is 0 Å². The Morgan fingerprint density at radius 1 is 1.24 bits per heavy atom. The number of aromatic nitrogens is 1. The SMILES string of the molecule is Cc1ccc(N2CCC(C(=O)NC3C4CCC(C4)C3CO)CC2)nc1. The van der Waals surface area contributed by atoms with E-state index in [0.29, 0.717) is 11.8 Å². The molecule has 2 aliphatic carbocycles. The molecule has 4 atom stereocenters. The summed E-state index contributed by atoms with van der Waals surface area (Å²) in [5, 5.41) is 13.0. The zero-order valence-electron chi connectivity index (χ0n) is 15.0. The fourth-order valence-corrected chi connectivity index (χ4v) is 5.20. The molecule has 25 heavy (non-hydrogen) atoms. The summed E-state index contributed by atoms with van der Waals surface area (Å²) in [5.41, 5.74) is 1.17. The first-order chi connectivity index (χ1) is 12.2. The van der Waals surface area contributed by atoms with Crippen molar-refractivity contribution in [2.45, 2.75) is 45.1 Å². The minimum Gasteiger partial charge on any atom is -0.396 e. The highest BCUT2D eigenvalue weighted by atomic mass is 16.3. The highest BCUT2D eigenvalue weighted by Crippen LogP contribution is 2.48. The Morgan fingerprint density at radius 3 is 2.68 bits per heavy atom. The highest BCUT2D eigenvalue weighted by Gasteiger charge is 2.48. The number of amides is 1. The van der Waals surface area contributed by atoms with Crippen molar-refractivity contribution in [1.29, 1.82) is 0 Å². The Morgan fingerprint density at radius 2 is 2.00 bits per heavy atom. The van der Waals surface area contributed by atoms with Crippen LogP contribution in [0, 0.1) is 30.6 Å². The number of nitrogens with zero attached hydrogens (tertiary/aromatic N) is 2. The molecule has 5 heteroatoms. The summed E-state index contributed by atoms with van der Waals surface area (Å²) < 4.78 is 0. The van der Waals surface area contributed by atoms with Gasteiger partial charge < -0.3 is 15.3 Å². The van der Waals surface area contributed by atoms with Gasteiger partial charge in [-0.1, -0.05) is 6.07 Å². The number of piperidine rings is 1. The lowest BCUT2D eigenvalue weighted by Crippen LogP contribution is -2.49. The van der Waals surface area contributed by atoms with Crippen LogP contribution in [0.25, 0.3) is 0 Å². The van der Waals surface area contributed by atoms with Crippen LogP contribution in [0.3, 0.4) is 0 Å². The maximum absolute atomic E-state index is 12.8. The Balaban J connectivity index is 1.32. The standard InChI is InChI=1S/C20H29N3O2/c1-13-2-5-18(21-11-13)23-8-6-14(7-9-23)20(25)22-19-16-4-3-15(10-16)17(19)12-24/h2,5,11,14-17,19,24H,3-4,6-10,12H2,1H3,(H,22,25). The van der Waals surface area contributed by atoms with Gasteiger partial charge in [-0.15, -0.1) is 0 Å². The first-order valence-electron chi connectivity index (χ1n) is 9.74. The molecule has 3 fully saturated rings. The molecule has 4 unspecified atom stereocenters. The van der Waals surface area contributed by atoms with Gasteiger partial charge in [0.15, 0.2) is 0 Å². The zero-order chi connectivity index (χ0) is 17.4. The smallest absolute Gasteiger partial charge is 0.223 e. The quantitative estimate of drug-likeness (QED) is 0.879. The minimum atomic E-state index is 0.0974. The number of carbonyl (C=O) groups excluding carboxylic acids is 1. The minimum absolute atomic E-state index is 0.0974. The fraction of sp³-hybridized carbons (Fsp3) is 0.700. The summed E-state index contributed by atoms with van der Waals surface area (Å²) in [6, 6.07) is 4.36. The van der Waals surface area contributed by atoms with Gasteiger partial charge in [0.05, 0.1) is 0 Å². The molecule has 2 bridgehead atoms. The lowest BCUT2D eigenvalue weighted by atomic mass is 9.84. The van der Waals surface area contributed by atoms with Gasteiger partial charge in [-0.05, 0) is 62.5 Å². The third-order valence-electron chi connectivity index (χ3n) is 6.69. The number of nitrogens with one attached hydrogen (secondary N) is 1. The van der Waals surface area contributed by atoms with Gasteiger partial charge in [-0.3, -0.25) is 4.79 Å². The van der Waals surface area contributed by atoms with Crippen molar-refractivity contribution in [2.75, 3.05) is 24.6 Å². The second-order valence-electron chi connectivity index (χ2n) is 8.17. The van der Waals surface area contributed by atoms with Crippen molar-refractivity contribution in [3.8, 4) is 0 Å². The summed E-state index contributed by atoms with van der Waals surface area (Å²) in [6.07, 6.45) is 7.29. The number of rotatable bonds is 4. The molecule has 1 saturated heterocycles. The van der Waals surface area contributed by atoms with Crippen molar-refractivity contribution in [3.63, 3.8) is 0 Å². The van der Waals surface area contributed by atoms with Gasteiger partial charge in [0.2, 0.25) is 5.91 Å². The third kappa shape index (κ3) is 3.26. The second kappa shape index (κ2) is 6.94. The summed E-state index contributed by atoms with van der Waals surface area (Å²) in [7, 11) is 0. The van der Waals surface area contributed by atoms with E-state index in [1.54, 1.807) is 0 Å². The number of hydrogen-bond acceptors (Lipinski definition) is 4. The number of aliphatic hydroxyl groups is 1. The normalized spacial score (nSPS) is 32.2. The molecule has 2 heterocycles. The van der Waals surface area contributed by atoms with Gasteiger partial charge in [0.1, 0.15) is 5.82 Å². The number of aryl methyl sites for hydroxylation is 1. The van der Waals surface area contributed by atoms with Crippen molar-refractivity contribution >= 4 is 11.7 Å². The molecule has 2 N–H and O–H groups in total. The summed E-state index contributed by atoms with van der Waals surface area (Å²) in [6.45, 7) is 4.02. The molecular weight excluding hydrogens is 314 g/mol. The van der Waals surface area contributed by atoms with Crippen LogP contribution in [-0.4, -0.2) is 41.7 Å². The number of pyridine rings is 1. The van der Waals surface area contributed by atoms with Gasteiger partial charge >= 0.3 is 0 Å². The van der Waals surface area contributed by atoms with Gasteiger partial charge in [-0.25, -0.2) is 4.98 Å². The average molecular weight is 343 g/mol. The Bertz CT molecular complexity index is 610. The van der Waals surface area contributed by atoms with E-state index in [1.807, 2.05) is 13.1 Å². The Kier molecular flexibility index (Phi) is 4.67. The van der Waals surface area contributed by atoms with Crippen LogP contribution in [-0.2, 0) is 4.79 Å². The maximum Gasteiger partial charge on any atom is 0.223 e. The molecule has 5 nitrogen and oxygen atoms in total. The van der Waals surface area contributed by atoms with Crippen molar-refractivity contribution in [1.82, 2.24) is 10.3 Å². The number of hydrogen-bond donors (Lipinski definition) is 2. The van der Waals surface area contributed by atoms with Gasteiger partial charge in [0, 0.05) is 43.8 Å². The first-order valence-corrected chi connectivity index (χ1v) is 9.74. The number of carbonyl (C=O) groups is 1. The molecule has 1 aromatic heterocycles. The van der Waals surface area contributed by atoms with E-state index in [9.17, 15) is 9.90 Å². The van der Waals surface area contributed by atoms with Crippen LogP contribution in [0.2, 0.25) is 0 Å². The van der Waals surface area contributed by atoms with E-state index in [2.05, 4.69) is 27.3 Å². The van der Waals surface area contributed by atoms with Gasteiger partial charge in [0.25, 0.3) is 0 Å².